The molecular formula is C20H20F2N4O2S2. The fraction of sp³-hybridized carbons (Fsp3) is 0.250. The normalized spacial score (nSPS) is 10.7. The first-order valence-electron chi connectivity index (χ1n) is 8.95. The fourth-order valence-electron chi connectivity index (χ4n) is 2.52. The number of benzene rings is 2. The first-order valence-corrected chi connectivity index (χ1v) is 10.8. The zero-order valence-electron chi connectivity index (χ0n) is 16.4. The first-order chi connectivity index (χ1) is 14.4. The van der Waals surface area contributed by atoms with Crippen molar-refractivity contribution in [2.45, 2.75) is 17.4 Å². The number of aromatic nitrogens is 2. The summed E-state index contributed by atoms with van der Waals surface area (Å²) in [5.74, 6) is -0.475. The van der Waals surface area contributed by atoms with Gasteiger partial charge in [-0.25, -0.2) is 8.78 Å². The number of anilines is 1. The highest BCUT2D eigenvalue weighted by Gasteiger charge is 2.13. The molecule has 2 aromatic carbocycles. The number of methoxy groups -OCH3 is 1. The smallest absolute Gasteiger partial charge is 0.233 e. The number of carbonyl (C=O) groups is 1. The van der Waals surface area contributed by atoms with Crippen LogP contribution in [0.2, 0.25) is 0 Å². The summed E-state index contributed by atoms with van der Waals surface area (Å²) in [6.07, 6.45) is 0. The second-order valence-electron chi connectivity index (χ2n) is 6.36. The molecule has 1 aromatic heterocycles. The molecule has 0 aliphatic carbocycles. The Morgan fingerprint density at radius 3 is 2.60 bits per heavy atom. The highest BCUT2D eigenvalue weighted by atomic mass is 32.2. The summed E-state index contributed by atoms with van der Waals surface area (Å²) in [4.78, 5) is 13.9. The molecule has 0 unspecified atom stereocenters. The van der Waals surface area contributed by atoms with Gasteiger partial charge >= 0.3 is 0 Å². The van der Waals surface area contributed by atoms with Gasteiger partial charge < -0.3 is 15.0 Å². The van der Waals surface area contributed by atoms with Crippen LogP contribution in [0, 0.1) is 11.6 Å². The van der Waals surface area contributed by atoms with E-state index in [2.05, 4.69) is 15.5 Å². The van der Waals surface area contributed by atoms with Gasteiger partial charge in [-0.3, -0.25) is 4.79 Å². The molecule has 0 radical (unpaired) electrons. The third-order valence-electron chi connectivity index (χ3n) is 4.14. The Morgan fingerprint density at radius 2 is 1.90 bits per heavy atom. The molecule has 1 heterocycles. The van der Waals surface area contributed by atoms with Crippen LogP contribution in [-0.4, -0.2) is 40.9 Å². The predicted octanol–water partition coefficient (Wildman–Crippen LogP) is 4.19. The van der Waals surface area contributed by atoms with Gasteiger partial charge in [0.1, 0.15) is 5.82 Å². The van der Waals surface area contributed by atoms with Crippen LogP contribution in [0.5, 0.6) is 5.75 Å². The molecular weight excluding hydrogens is 430 g/mol. The molecule has 3 rings (SSSR count). The van der Waals surface area contributed by atoms with Gasteiger partial charge in [-0.2, -0.15) is 0 Å². The maximum absolute atomic E-state index is 13.8. The molecule has 10 heteroatoms. The number of halogens is 2. The van der Waals surface area contributed by atoms with Gasteiger partial charge in [-0.05, 0) is 35.4 Å². The minimum Gasteiger partial charge on any atom is -0.494 e. The largest absolute Gasteiger partial charge is 0.494 e. The number of ether oxygens (including phenoxy) is 1. The van der Waals surface area contributed by atoms with Crippen molar-refractivity contribution in [1.29, 1.82) is 0 Å². The maximum Gasteiger partial charge on any atom is 0.233 e. The van der Waals surface area contributed by atoms with Crippen molar-refractivity contribution in [2.24, 2.45) is 0 Å². The van der Waals surface area contributed by atoms with E-state index in [0.717, 1.165) is 5.56 Å². The monoisotopic (exact) mass is 450 g/mol. The molecule has 6 nitrogen and oxygen atoms in total. The van der Waals surface area contributed by atoms with Crippen LogP contribution < -0.4 is 10.1 Å². The number of thioether (sulfide) groups is 1. The summed E-state index contributed by atoms with van der Waals surface area (Å²) in [6, 6.07) is 10.8. The van der Waals surface area contributed by atoms with Crippen LogP contribution in [0.25, 0.3) is 0 Å². The number of rotatable bonds is 9. The van der Waals surface area contributed by atoms with Crippen molar-refractivity contribution in [3.63, 3.8) is 0 Å². The van der Waals surface area contributed by atoms with E-state index in [0.29, 0.717) is 28.1 Å². The second-order valence-corrected chi connectivity index (χ2v) is 8.56. The molecule has 1 amide bonds. The molecule has 3 aromatic rings. The molecule has 0 saturated carbocycles. The number of carbonyl (C=O) groups excluding carboxylic acids is 1. The number of nitrogens with zero attached hydrogens (tertiary/aromatic N) is 3. The third kappa shape index (κ3) is 6.14. The van der Waals surface area contributed by atoms with Gasteiger partial charge in [0.05, 0.1) is 12.9 Å². The molecule has 0 fully saturated rings. The van der Waals surface area contributed by atoms with Crippen molar-refractivity contribution in [3.05, 3.63) is 65.2 Å². The van der Waals surface area contributed by atoms with E-state index in [4.69, 9.17) is 4.74 Å². The van der Waals surface area contributed by atoms with Crippen molar-refractivity contribution >= 4 is 34.1 Å². The minimum absolute atomic E-state index is 0.104. The van der Waals surface area contributed by atoms with Gasteiger partial charge in [0.25, 0.3) is 0 Å². The average Bonchev–Trinajstić information content (AvgIpc) is 3.19. The van der Waals surface area contributed by atoms with Crippen LogP contribution in [0.15, 0.2) is 46.8 Å². The Labute approximate surface area is 181 Å². The van der Waals surface area contributed by atoms with Gasteiger partial charge in [0.15, 0.2) is 15.9 Å². The van der Waals surface area contributed by atoms with E-state index in [-0.39, 0.29) is 23.2 Å². The van der Waals surface area contributed by atoms with Crippen molar-refractivity contribution in [3.8, 4) is 5.75 Å². The van der Waals surface area contributed by atoms with Crippen molar-refractivity contribution in [1.82, 2.24) is 15.1 Å². The highest BCUT2D eigenvalue weighted by Crippen LogP contribution is 2.26. The van der Waals surface area contributed by atoms with E-state index in [1.165, 1.54) is 53.3 Å². The van der Waals surface area contributed by atoms with E-state index < -0.39 is 5.82 Å². The van der Waals surface area contributed by atoms with E-state index >= 15 is 0 Å². The molecule has 1 N–H and O–H groups in total. The van der Waals surface area contributed by atoms with Gasteiger partial charge in [-0.1, -0.05) is 41.3 Å². The molecule has 0 atom stereocenters. The number of nitrogens with one attached hydrogen (secondary N) is 1. The average molecular weight is 451 g/mol. The predicted molar refractivity (Wildman–Crippen MR) is 114 cm³/mol. The molecule has 0 bridgehead atoms. The van der Waals surface area contributed by atoms with Gasteiger partial charge in [0, 0.05) is 20.1 Å². The van der Waals surface area contributed by atoms with E-state index in [9.17, 15) is 13.6 Å². The zero-order valence-corrected chi connectivity index (χ0v) is 18.0. The van der Waals surface area contributed by atoms with Crippen LogP contribution in [0.4, 0.5) is 13.9 Å². The lowest BCUT2D eigenvalue weighted by Gasteiger charge is -2.17. The molecule has 0 aliphatic heterocycles. The Morgan fingerprint density at radius 1 is 1.17 bits per heavy atom. The van der Waals surface area contributed by atoms with Crippen LogP contribution in [-0.2, 0) is 17.9 Å². The summed E-state index contributed by atoms with van der Waals surface area (Å²) in [6.45, 7) is 0.792. The molecule has 30 heavy (non-hydrogen) atoms. The Hall–Kier alpha value is -2.72. The van der Waals surface area contributed by atoms with Crippen LogP contribution in [0.3, 0.4) is 0 Å². The van der Waals surface area contributed by atoms with Crippen molar-refractivity contribution < 1.29 is 18.3 Å². The lowest BCUT2D eigenvalue weighted by molar-refractivity contribution is -0.127. The Kier molecular flexibility index (Phi) is 7.58. The minimum atomic E-state index is -0.459. The summed E-state index contributed by atoms with van der Waals surface area (Å²) in [5.41, 5.74) is 1.60. The third-order valence-corrected chi connectivity index (χ3v) is 6.14. The summed E-state index contributed by atoms with van der Waals surface area (Å²) < 4.78 is 32.3. The first kappa shape index (κ1) is 22.0. The van der Waals surface area contributed by atoms with Crippen LogP contribution in [0.1, 0.15) is 11.1 Å². The van der Waals surface area contributed by atoms with E-state index in [1.54, 1.807) is 31.3 Å². The Balaban J connectivity index is 1.46. The van der Waals surface area contributed by atoms with Gasteiger partial charge in [0.2, 0.25) is 11.0 Å². The standard InChI is InChI=1S/C20H20F2N4O2S2/c1-26(11-14-5-8-17(28-2)16(22)9-14)18(27)12-29-20-25-24-19(30-20)23-10-13-3-6-15(21)7-4-13/h3-9H,10-12H2,1-2H3,(H,23,24). The summed E-state index contributed by atoms with van der Waals surface area (Å²) in [7, 11) is 3.07. The topological polar surface area (TPSA) is 67.3 Å². The molecule has 158 valence electrons. The zero-order chi connectivity index (χ0) is 21.5. The van der Waals surface area contributed by atoms with Gasteiger partial charge in [-0.15, -0.1) is 10.2 Å². The Bertz CT molecular complexity index is 999. The maximum atomic E-state index is 13.8. The number of hydrogen-bond donors (Lipinski definition) is 1. The summed E-state index contributed by atoms with van der Waals surface area (Å²) >= 11 is 2.63. The second kappa shape index (κ2) is 10.4. The fourth-order valence-corrected chi connectivity index (χ4v) is 4.21. The number of amides is 1. The quantitative estimate of drug-likeness (QED) is 0.493. The lowest BCUT2D eigenvalue weighted by atomic mass is 10.2. The highest BCUT2D eigenvalue weighted by molar-refractivity contribution is 8.01. The van der Waals surface area contributed by atoms with E-state index in [1.807, 2.05) is 0 Å². The summed E-state index contributed by atoms with van der Waals surface area (Å²) in [5, 5.41) is 11.9. The number of hydrogen-bond acceptors (Lipinski definition) is 7. The molecule has 0 saturated heterocycles. The van der Waals surface area contributed by atoms with Crippen molar-refractivity contribution in [2.75, 3.05) is 25.2 Å². The molecule has 0 aliphatic rings. The van der Waals surface area contributed by atoms with Crippen LogP contribution >= 0.6 is 23.1 Å². The molecule has 0 spiro atoms. The lowest BCUT2D eigenvalue weighted by Crippen LogP contribution is -2.27. The SMILES string of the molecule is COc1ccc(CN(C)C(=O)CSc2nnc(NCc3ccc(F)cc3)s2)cc1F.